The zero-order valence-corrected chi connectivity index (χ0v) is 18.7. The molecule has 1 rings (SSSR count). The van der Waals surface area contributed by atoms with Gasteiger partial charge in [-0.1, -0.05) is 83.3 Å². The highest BCUT2D eigenvalue weighted by atomic mass is 16.6. The van der Waals surface area contributed by atoms with Crippen LogP contribution in [0.15, 0.2) is 12.2 Å². The second-order valence-electron chi connectivity index (χ2n) is 8.53. The Labute approximate surface area is 175 Å². The van der Waals surface area contributed by atoms with Crippen molar-refractivity contribution in [2.45, 2.75) is 135 Å². The summed E-state index contributed by atoms with van der Waals surface area (Å²) in [6.45, 7) is 3.03. The number of hydrogen-bond acceptors (Lipinski definition) is 2. The monoisotopic (exact) mass is 393 g/mol. The van der Waals surface area contributed by atoms with Crippen LogP contribution in [0.4, 0.5) is 4.79 Å². The Kier molecular flexibility index (Phi) is 17.3. The Bertz CT molecular complexity index is 375. The van der Waals surface area contributed by atoms with E-state index in [0.29, 0.717) is 0 Å². The lowest BCUT2D eigenvalue weighted by Gasteiger charge is -2.21. The van der Waals surface area contributed by atoms with Gasteiger partial charge in [0.25, 0.3) is 0 Å². The zero-order valence-electron chi connectivity index (χ0n) is 18.7. The van der Waals surface area contributed by atoms with Crippen molar-refractivity contribution in [3.05, 3.63) is 12.2 Å². The molecule has 3 nitrogen and oxygen atoms in total. The Hall–Kier alpha value is -0.990. The third-order valence-electron chi connectivity index (χ3n) is 5.78. The maximum absolute atomic E-state index is 11.7. The Morgan fingerprint density at radius 1 is 0.786 bits per heavy atom. The van der Waals surface area contributed by atoms with E-state index in [1.54, 1.807) is 0 Å². The van der Waals surface area contributed by atoms with E-state index in [4.69, 9.17) is 4.74 Å². The van der Waals surface area contributed by atoms with Crippen LogP contribution < -0.4 is 5.32 Å². The fraction of sp³-hybridized carbons (Fsp3) is 0.880. The molecule has 0 spiro atoms. The van der Waals surface area contributed by atoms with Gasteiger partial charge in [0, 0.05) is 6.54 Å². The van der Waals surface area contributed by atoms with E-state index in [0.717, 1.165) is 25.8 Å². The first-order valence-electron chi connectivity index (χ1n) is 12.4. The predicted octanol–water partition coefficient (Wildman–Crippen LogP) is 8.08. The maximum Gasteiger partial charge on any atom is 0.407 e. The van der Waals surface area contributed by atoms with E-state index < -0.39 is 0 Å². The summed E-state index contributed by atoms with van der Waals surface area (Å²) >= 11 is 0. The topological polar surface area (TPSA) is 38.3 Å². The largest absolute Gasteiger partial charge is 0.446 e. The lowest BCUT2D eigenvalue weighted by Crippen LogP contribution is -2.30. The first-order chi connectivity index (χ1) is 13.8. The number of amides is 1. The number of ether oxygens (including phenoxy) is 1. The molecule has 0 heterocycles. The average molecular weight is 394 g/mol. The molecule has 164 valence electrons. The normalized spacial score (nSPS) is 15.2. The van der Waals surface area contributed by atoms with Crippen LogP contribution in [0.1, 0.15) is 129 Å². The molecule has 0 atom stereocenters. The quantitative estimate of drug-likeness (QED) is 0.200. The number of alkyl carbamates (subject to hydrolysis) is 1. The molecule has 0 bridgehead atoms. The van der Waals surface area contributed by atoms with Crippen molar-refractivity contribution in [1.29, 1.82) is 0 Å². The van der Waals surface area contributed by atoms with Crippen molar-refractivity contribution >= 4 is 6.09 Å². The summed E-state index contributed by atoms with van der Waals surface area (Å²) in [5, 5.41) is 2.91. The van der Waals surface area contributed by atoms with Crippen molar-refractivity contribution < 1.29 is 9.53 Å². The minimum Gasteiger partial charge on any atom is -0.446 e. The van der Waals surface area contributed by atoms with E-state index in [1.807, 2.05) is 0 Å². The molecule has 0 radical (unpaired) electrons. The van der Waals surface area contributed by atoms with Gasteiger partial charge < -0.3 is 10.1 Å². The fourth-order valence-corrected chi connectivity index (χ4v) is 3.94. The van der Waals surface area contributed by atoms with Gasteiger partial charge in [0.05, 0.1) is 0 Å². The molecule has 0 aromatic heterocycles. The highest BCUT2D eigenvalue weighted by Crippen LogP contribution is 2.20. The first kappa shape index (κ1) is 25.0. The van der Waals surface area contributed by atoms with Gasteiger partial charge in [0.1, 0.15) is 6.10 Å². The van der Waals surface area contributed by atoms with Crippen LogP contribution in [0, 0.1) is 0 Å². The maximum atomic E-state index is 11.7. The third kappa shape index (κ3) is 16.0. The highest BCUT2D eigenvalue weighted by molar-refractivity contribution is 5.67. The SMILES string of the molecule is CCCCCCCC/C=C\CCCCCCCCNC(=O)OC1CCCCC1. The molecule has 3 heteroatoms. The molecule has 1 amide bonds. The zero-order chi connectivity index (χ0) is 20.1. The lowest BCUT2D eigenvalue weighted by molar-refractivity contribution is 0.0753. The number of hydrogen-bond donors (Lipinski definition) is 1. The van der Waals surface area contributed by atoms with Gasteiger partial charge in [0.2, 0.25) is 0 Å². The summed E-state index contributed by atoms with van der Waals surface area (Å²) in [4.78, 5) is 11.7. The third-order valence-corrected chi connectivity index (χ3v) is 5.78. The number of rotatable bonds is 17. The second kappa shape index (κ2) is 19.3. The Balaban J connectivity index is 1.75. The molecule has 0 saturated heterocycles. The van der Waals surface area contributed by atoms with Gasteiger partial charge >= 0.3 is 6.09 Å². The second-order valence-corrected chi connectivity index (χ2v) is 8.53. The highest BCUT2D eigenvalue weighted by Gasteiger charge is 2.16. The standard InChI is InChI=1S/C25H47NO2/c1-2-3-4-5-6-7-8-9-10-11-12-13-14-15-16-20-23-26-25(27)28-24-21-18-17-19-22-24/h9-10,24H,2-8,11-23H2,1H3,(H,26,27)/b10-9-. The molecule has 28 heavy (non-hydrogen) atoms. The van der Waals surface area contributed by atoms with E-state index in [-0.39, 0.29) is 12.2 Å². The Morgan fingerprint density at radius 2 is 1.32 bits per heavy atom. The summed E-state index contributed by atoms with van der Waals surface area (Å²) in [5.74, 6) is 0. The van der Waals surface area contributed by atoms with E-state index >= 15 is 0 Å². The van der Waals surface area contributed by atoms with Crippen LogP contribution in [0.2, 0.25) is 0 Å². The summed E-state index contributed by atoms with van der Waals surface area (Å²) in [6, 6.07) is 0. The van der Waals surface area contributed by atoms with Gasteiger partial charge in [-0.15, -0.1) is 0 Å². The minimum atomic E-state index is -0.209. The van der Waals surface area contributed by atoms with E-state index in [2.05, 4.69) is 24.4 Å². The van der Waals surface area contributed by atoms with Crippen molar-refractivity contribution in [2.24, 2.45) is 0 Å². The Morgan fingerprint density at radius 3 is 1.93 bits per heavy atom. The molecule has 0 aromatic carbocycles. The fourth-order valence-electron chi connectivity index (χ4n) is 3.94. The summed E-state index contributed by atoms with van der Waals surface area (Å²) in [5.41, 5.74) is 0. The van der Waals surface area contributed by atoms with Crippen molar-refractivity contribution in [3.8, 4) is 0 Å². The first-order valence-corrected chi connectivity index (χ1v) is 12.4. The molecule has 1 N–H and O–H groups in total. The molecule has 1 saturated carbocycles. The number of unbranched alkanes of at least 4 members (excludes halogenated alkanes) is 12. The number of nitrogens with one attached hydrogen (secondary N) is 1. The van der Waals surface area contributed by atoms with Crippen LogP contribution in [-0.4, -0.2) is 18.7 Å². The van der Waals surface area contributed by atoms with Crippen LogP contribution >= 0.6 is 0 Å². The lowest BCUT2D eigenvalue weighted by atomic mass is 9.98. The molecule has 0 aliphatic heterocycles. The van der Waals surface area contributed by atoms with Gasteiger partial charge in [-0.25, -0.2) is 4.79 Å². The van der Waals surface area contributed by atoms with E-state index in [1.165, 1.54) is 103 Å². The molecule has 1 aliphatic carbocycles. The van der Waals surface area contributed by atoms with Crippen molar-refractivity contribution in [3.63, 3.8) is 0 Å². The van der Waals surface area contributed by atoms with Gasteiger partial charge in [-0.3, -0.25) is 0 Å². The molecule has 0 unspecified atom stereocenters. The van der Waals surface area contributed by atoms with Gasteiger partial charge in [0.15, 0.2) is 0 Å². The molecular formula is C25H47NO2. The summed E-state index contributed by atoms with van der Waals surface area (Å²) < 4.78 is 5.46. The summed E-state index contributed by atoms with van der Waals surface area (Å²) in [7, 11) is 0. The number of carbonyl (C=O) groups excluding carboxylic acids is 1. The van der Waals surface area contributed by atoms with Crippen LogP contribution in [0.5, 0.6) is 0 Å². The molecule has 0 aromatic rings. The van der Waals surface area contributed by atoms with Crippen LogP contribution in [-0.2, 0) is 4.74 Å². The summed E-state index contributed by atoms with van der Waals surface area (Å²) in [6.07, 6.45) is 28.9. The number of allylic oxidation sites excluding steroid dienone is 2. The van der Waals surface area contributed by atoms with Gasteiger partial charge in [-0.2, -0.15) is 0 Å². The molecule has 1 aliphatic rings. The average Bonchev–Trinajstić information content (AvgIpc) is 2.71. The van der Waals surface area contributed by atoms with Crippen LogP contribution in [0.3, 0.4) is 0 Å². The van der Waals surface area contributed by atoms with Crippen LogP contribution in [0.25, 0.3) is 0 Å². The number of carbonyl (C=O) groups is 1. The van der Waals surface area contributed by atoms with E-state index in [9.17, 15) is 4.79 Å². The molecular weight excluding hydrogens is 346 g/mol. The minimum absolute atomic E-state index is 0.161. The molecule has 1 fully saturated rings. The van der Waals surface area contributed by atoms with Gasteiger partial charge in [-0.05, 0) is 57.8 Å². The van der Waals surface area contributed by atoms with Crippen molar-refractivity contribution in [2.75, 3.05) is 6.54 Å². The van der Waals surface area contributed by atoms with Crippen molar-refractivity contribution in [1.82, 2.24) is 5.32 Å². The predicted molar refractivity (Wildman–Crippen MR) is 121 cm³/mol. The smallest absolute Gasteiger partial charge is 0.407 e.